The van der Waals surface area contributed by atoms with Crippen molar-refractivity contribution in [2.75, 3.05) is 31.1 Å². The monoisotopic (exact) mass is 392 g/mol. The van der Waals surface area contributed by atoms with Crippen LogP contribution in [0.5, 0.6) is 0 Å². The first-order valence-corrected chi connectivity index (χ1v) is 9.72. The van der Waals surface area contributed by atoms with Gasteiger partial charge in [-0.05, 0) is 23.3 Å². The summed E-state index contributed by atoms with van der Waals surface area (Å²) >= 11 is 0. The Morgan fingerprint density at radius 2 is 1.28 bits per heavy atom. The van der Waals surface area contributed by atoms with Crippen LogP contribution in [0.25, 0.3) is 0 Å². The molecule has 0 spiro atoms. The average Bonchev–Trinajstić information content (AvgIpc) is 2.77. The molecular weight excluding hydrogens is 370 g/mol. The van der Waals surface area contributed by atoms with Crippen LogP contribution >= 0.6 is 0 Å². The van der Waals surface area contributed by atoms with E-state index in [1.165, 1.54) is 6.07 Å². The third-order valence-corrected chi connectivity index (χ3v) is 5.37. The number of piperazine rings is 1. The molecule has 1 aliphatic rings. The number of halogens is 2. The molecular formula is C24H22F2N2O. The van der Waals surface area contributed by atoms with Gasteiger partial charge in [-0.3, -0.25) is 4.79 Å². The highest BCUT2D eigenvalue weighted by atomic mass is 19.2. The third-order valence-electron chi connectivity index (χ3n) is 5.37. The van der Waals surface area contributed by atoms with Crippen LogP contribution in [-0.4, -0.2) is 37.0 Å². The van der Waals surface area contributed by atoms with Gasteiger partial charge in [0.05, 0.1) is 5.92 Å². The number of hydrogen-bond donors (Lipinski definition) is 0. The predicted molar refractivity (Wildman–Crippen MR) is 110 cm³/mol. The zero-order valence-electron chi connectivity index (χ0n) is 16.0. The molecule has 3 aromatic rings. The maximum atomic E-state index is 13.6. The normalized spacial score (nSPS) is 14.3. The zero-order chi connectivity index (χ0) is 20.2. The number of amides is 1. The Morgan fingerprint density at radius 1 is 0.724 bits per heavy atom. The molecule has 0 saturated carbocycles. The highest BCUT2D eigenvalue weighted by Gasteiger charge is 2.30. The van der Waals surface area contributed by atoms with Crippen molar-refractivity contribution in [2.24, 2.45) is 0 Å². The summed E-state index contributed by atoms with van der Waals surface area (Å²) in [6, 6.07) is 23.5. The highest BCUT2D eigenvalue weighted by Crippen LogP contribution is 2.28. The van der Waals surface area contributed by atoms with E-state index in [2.05, 4.69) is 0 Å². The summed E-state index contributed by atoms with van der Waals surface area (Å²) in [5.41, 5.74) is 2.57. The fraction of sp³-hybridized carbons (Fsp3) is 0.208. The standard InChI is InChI=1S/C24H22F2N2O/c25-21-12-11-20(17-22(21)26)27-13-15-28(16-14-27)24(29)23(18-7-3-1-4-8-18)19-9-5-2-6-10-19/h1-12,17,23H,13-16H2. The maximum Gasteiger partial charge on any atom is 0.234 e. The van der Waals surface area contributed by atoms with E-state index < -0.39 is 11.6 Å². The Labute approximate surface area is 169 Å². The molecule has 1 heterocycles. The van der Waals surface area contributed by atoms with E-state index in [4.69, 9.17) is 0 Å². The molecule has 148 valence electrons. The first-order chi connectivity index (χ1) is 14.1. The van der Waals surface area contributed by atoms with Crippen molar-refractivity contribution in [3.05, 3.63) is 102 Å². The van der Waals surface area contributed by atoms with Crippen molar-refractivity contribution in [2.45, 2.75) is 5.92 Å². The number of hydrogen-bond acceptors (Lipinski definition) is 2. The second-order valence-electron chi connectivity index (χ2n) is 7.17. The van der Waals surface area contributed by atoms with Gasteiger partial charge < -0.3 is 9.80 Å². The molecule has 29 heavy (non-hydrogen) atoms. The summed E-state index contributed by atoms with van der Waals surface area (Å²) in [4.78, 5) is 17.3. The summed E-state index contributed by atoms with van der Waals surface area (Å²) in [5, 5.41) is 0. The third kappa shape index (κ3) is 4.14. The first-order valence-electron chi connectivity index (χ1n) is 9.72. The fourth-order valence-corrected chi connectivity index (χ4v) is 3.82. The second kappa shape index (κ2) is 8.43. The molecule has 3 nitrogen and oxygen atoms in total. The molecule has 5 heteroatoms. The van der Waals surface area contributed by atoms with Crippen molar-refractivity contribution < 1.29 is 13.6 Å². The summed E-state index contributed by atoms with van der Waals surface area (Å²) in [7, 11) is 0. The second-order valence-corrected chi connectivity index (χ2v) is 7.17. The molecule has 0 radical (unpaired) electrons. The molecule has 1 fully saturated rings. The smallest absolute Gasteiger partial charge is 0.234 e. The fourth-order valence-electron chi connectivity index (χ4n) is 3.82. The van der Waals surface area contributed by atoms with E-state index in [-0.39, 0.29) is 11.8 Å². The zero-order valence-corrected chi connectivity index (χ0v) is 16.0. The minimum absolute atomic E-state index is 0.0623. The lowest BCUT2D eigenvalue weighted by atomic mass is 9.90. The van der Waals surface area contributed by atoms with Crippen LogP contribution in [0, 0.1) is 11.6 Å². The van der Waals surface area contributed by atoms with Gasteiger partial charge in [-0.2, -0.15) is 0 Å². The molecule has 1 aliphatic heterocycles. The summed E-state index contributed by atoms with van der Waals surface area (Å²) < 4.78 is 26.8. The molecule has 0 bridgehead atoms. The van der Waals surface area contributed by atoms with E-state index in [1.54, 1.807) is 6.07 Å². The lowest BCUT2D eigenvalue weighted by molar-refractivity contribution is -0.132. The molecule has 1 saturated heterocycles. The lowest BCUT2D eigenvalue weighted by Crippen LogP contribution is -2.50. The van der Waals surface area contributed by atoms with Crippen molar-refractivity contribution >= 4 is 11.6 Å². The van der Waals surface area contributed by atoms with Crippen LogP contribution in [-0.2, 0) is 4.79 Å². The Morgan fingerprint density at radius 3 is 1.79 bits per heavy atom. The average molecular weight is 392 g/mol. The maximum absolute atomic E-state index is 13.6. The molecule has 0 unspecified atom stereocenters. The van der Waals surface area contributed by atoms with Gasteiger partial charge in [0.2, 0.25) is 5.91 Å². The van der Waals surface area contributed by atoms with Gasteiger partial charge in [0.15, 0.2) is 11.6 Å². The molecule has 0 atom stereocenters. The first kappa shape index (κ1) is 19.1. The number of carbonyl (C=O) groups excluding carboxylic acids is 1. The number of nitrogens with zero attached hydrogens (tertiary/aromatic N) is 2. The summed E-state index contributed by atoms with van der Waals surface area (Å²) in [5.74, 6) is -2.00. The largest absolute Gasteiger partial charge is 0.368 e. The van der Waals surface area contributed by atoms with E-state index in [1.807, 2.05) is 70.5 Å². The van der Waals surface area contributed by atoms with Gasteiger partial charge in [-0.25, -0.2) is 8.78 Å². The van der Waals surface area contributed by atoms with Crippen LogP contribution in [0.4, 0.5) is 14.5 Å². The number of carbonyl (C=O) groups is 1. The number of rotatable bonds is 4. The van der Waals surface area contributed by atoms with Gasteiger partial charge in [-0.15, -0.1) is 0 Å². The van der Waals surface area contributed by atoms with Gasteiger partial charge >= 0.3 is 0 Å². The van der Waals surface area contributed by atoms with Crippen molar-refractivity contribution in [3.63, 3.8) is 0 Å². The highest BCUT2D eigenvalue weighted by molar-refractivity contribution is 5.87. The quantitative estimate of drug-likeness (QED) is 0.655. The number of anilines is 1. The van der Waals surface area contributed by atoms with Crippen LogP contribution in [0.3, 0.4) is 0 Å². The Bertz CT molecular complexity index is 931. The van der Waals surface area contributed by atoms with Gasteiger partial charge in [0.25, 0.3) is 0 Å². The molecule has 4 rings (SSSR count). The Kier molecular flexibility index (Phi) is 5.56. The van der Waals surface area contributed by atoms with Gasteiger partial charge in [0, 0.05) is 37.9 Å². The number of benzene rings is 3. The molecule has 0 aromatic heterocycles. The van der Waals surface area contributed by atoms with Gasteiger partial charge in [-0.1, -0.05) is 60.7 Å². The Balaban J connectivity index is 1.51. The molecule has 3 aromatic carbocycles. The lowest BCUT2D eigenvalue weighted by Gasteiger charge is -2.37. The van der Waals surface area contributed by atoms with Gasteiger partial charge in [0.1, 0.15) is 0 Å². The summed E-state index contributed by atoms with van der Waals surface area (Å²) in [6.07, 6.45) is 0. The van der Waals surface area contributed by atoms with Crippen LogP contribution in [0.2, 0.25) is 0 Å². The van der Waals surface area contributed by atoms with E-state index in [9.17, 15) is 13.6 Å². The van der Waals surface area contributed by atoms with Crippen molar-refractivity contribution in [1.82, 2.24) is 4.90 Å². The predicted octanol–water partition coefficient (Wildman–Crippen LogP) is 4.45. The van der Waals surface area contributed by atoms with Crippen LogP contribution < -0.4 is 4.90 Å². The Hall–Kier alpha value is -3.21. The van der Waals surface area contributed by atoms with Crippen molar-refractivity contribution in [3.8, 4) is 0 Å². The minimum Gasteiger partial charge on any atom is -0.368 e. The minimum atomic E-state index is -0.853. The van der Waals surface area contributed by atoms with E-state index >= 15 is 0 Å². The van der Waals surface area contributed by atoms with Crippen molar-refractivity contribution in [1.29, 1.82) is 0 Å². The van der Waals surface area contributed by atoms with Crippen LogP contribution in [0.1, 0.15) is 17.0 Å². The SMILES string of the molecule is O=C(C(c1ccccc1)c1ccccc1)N1CCN(c2ccc(F)c(F)c2)CC1. The molecule has 1 amide bonds. The van der Waals surface area contributed by atoms with E-state index in [0.29, 0.717) is 31.9 Å². The molecule has 0 N–H and O–H groups in total. The van der Waals surface area contributed by atoms with E-state index in [0.717, 1.165) is 17.2 Å². The molecule has 0 aliphatic carbocycles. The van der Waals surface area contributed by atoms with Crippen LogP contribution in [0.15, 0.2) is 78.9 Å². The topological polar surface area (TPSA) is 23.6 Å². The summed E-state index contributed by atoms with van der Waals surface area (Å²) in [6.45, 7) is 2.22.